The van der Waals surface area contributed by atoms with Crippen LogP contribution in [0.4, 0.5) is 11.4 Å². The van der Waals surface area contributed by atoms with Crippen LogP contribution in [0.5, 0.6) is 11.5 Å². The zero-order valence-electron chi connectivity index (χ0n) is 16.8. The first-order valence-corrected chi connectivity index (χ1v) is 9.96. The Balaban J connectivity index is 1.44. The van der Waals surface area contributed by atoms with Gasteiger partial charge in [0, 0.05) is 23.6 Å². The lowest BCUT2D eigenvalue weighted by Crippen LogP contribution is -2.00. The van der Waals surface area contributed by atoms with E-state index in [0.29, 0.717) is 23.6 Å². The minimum absolute atomic E-state index is 0.0385. The number of phenols is 1. The lowest BCUT2D eigenvalue weighted by Gasteiger charge is -2.13. The molecule has 0 spiro atoms. The number of carboxylic acid groups (broad SMARTS) is 1. The van der Waals surface area contributed by atoms with Gasteiger partial charge in [-0.2, -0.15) is 0 Å². The van der Waals surface area contributed by atoms with Gasteiger partial charge >= 0.3 is 5.97 Å². The first-order valence-electron chi connectivity index (χ1n) is 9.96. The number of rotatable bonds is 8. The van der Waals surface area contributed by atoms with Crippen LogP contribution in [0.15, 0.2) is 78.9 Å². The molecule has 1 aromatic heterocycles. The van der Waals surface area contributed by atoms with Gasteiger partial charge in [-0.15, -0.1) is 0 Å². The van der Waals surface area contributed by atoms with Gasteiger partial charge in [-0.25, -0.2) is 4.98 Å². The summed E-state index contributed by atoms with van der Waals surface area (Å²) in [5.41, 5.74) is 3.60. The topological polar surface area (TPSA) is 91.7 Å². The molecule has 0 fully saturated rings. The van der Waals surface area contributed by atoms with Crippen LogP contribution in [0, 0.1) is 0 Å². The highest BCUT2D eigenvalue weighted by molar-refractivity contribution is 5.78. The van der Waals surface area contributed by atoms with Crippen molar-refractivity contribution >= 4 is 28.2 Å². The SMILES string of the molecule is O=C(O)CCc1cccc(Nc2cccc(OCc3ccc4ccccc4n3)c2)c1O. The molecule has 0 atom stereocenters. The summed E-state index contributed by atoms with van der Waals surface area (Å²) < 4.78 is 5.91. The molecule has 3 aromatic carbocycles. The maximum Gasteiger partial charge on any atom is 0.303 e. The second-order valence-electron chi connectivity index (χ2n) is 7.14. The van der Waals surface area contributed by atoms with E-state index >= 15 is 0 Å². The number of nitrogens with zero attached hydrogens (tertiary/aromatic N) is 1. The van der Waals surface area contributed by atoms with Crippen LogP contribution in [0.25, 0.3) is 10.9 Å². The number of anilines is 2. The first kappa shape index (κ1) is 20.2. The number of hydrogen-bond acceptors (Lipinski definition) is 5. The zero-order chi connectivity index (χ0) is 21.6. The maximum absolute atomic E-state index is 10.8. The largest absolute Gasteiger partial charge is 0.505 e. The van der Waals surface area contributed by atoms with Gasteiger partial charge in [-0.3, -0.25) is 4.79 Å². The molecule has 0 bridgehead atoms. The van der Waals surface area contributed by atoms with Gasteiger partial charge in [0.1, 0.15) is 18.1 Å². The number of aliphatic carboxylic acids is 1. The van der Waals surface area contributed by atoms with Crippen LogP contribution in [0.1, 0.15) is 17.7 Å². The molecule has 0 amide bonds. The third-order valence-electron chi connectivity index (χ3n) is 4.88. The number of carboxylic acids is 1. The van der Waals surface area contributed by atoms with Crippen molar-refractivity contribution in [1.29, 1.82) is 0 Å². The molecule has 31 heavy (non-hydrogen) atoms. The van der Waals surface area contributed by atoms with Gasteiger partial charge in [0.2, 0.25) is 0 Å². The average Bonchev–Trinajstić information content (AvgIpc) is 2.78. The van der Waals surface area contributed by atoms with E-state index in [2.05, 4.69) is 10.3 Å². The summed E-state index contributed by atoms with van der Waals surface area (Å²) >= 11 is 0. The highest BCUT2D eigenvalue weighted by Gasteiger charge is 2.09. The quantitative estimate of drug-likeness (QED) is 0.340. The molecule has 0 unspecified atom stereocenters. The van der Waals surface area contributed by atoms with E-state index in [1.54, 1.807) is 18.2 Å². The van der Waals surface area contributed by atoms with Crippen molar-refractivity contribution < 1.29 is 19.7 Å². The molecular weight excluding hydrogens is 392 g/mol. The Labute approximate surface area is 179 Å². The van der Waals surface area contributed by atoms with Crippen molar-refractivity contribution in [3.63, 3.8) is 0 Å². The molecular formula is C25H22N2O4. The smallest absolute Gasteiger partial charge is 0.303 e. The van der Waals surface area contributed by atoms with E-state index in [4.69, 9.17) is 9.84 Å². The highest BCUT2D eigenvalue weighted by atomic mass is 16.5. The van der Waals surface area contributed by atoms with E-state index in [9.17, 15) is 9.90 Å². The molecule has 0 aliphatic rings. The molecule has 156 valence electrons. The number of ether oxygens (including phenoxy) is 1. The number of hydrogen-bond donors (Lipinski definition) is 3. The molecule has 1 heterocycles. The van der Waals surface area contributed by atoms with Crippen molar-refractivity contribution in [3.05, 3.63) is 90.1 Å². The van der Waals surface area contributed by atoms with Crippen LogP contribution < -0.4 is 10.1 Å². The number of benzene rings is 3. The molecule has 0 radical (unpaired) electrons. The first-order chi connectivity index (χ1) is 15.1. The van der Waals surface area contributed by atoms with E-state index in [1.165, 1.54) is 0 Å². The second kappa shape index (κ2) is 9.17. The number of pyridine rings is 1. The Morgan fingerprint density at radius 3 is 2.68 bits per heavy atom. The Bertz CT molecular complexity index is 1220. The van der Waals surface area contributed by atoms with Crippen molar-refractivity contribution in [2.45, 2.75) is 19.4 Å². The van der Waals surface area contributed by atoms with E-state index in [0.717, 1.165) is 22.3 Å². The van der Waals surface area contributed by atoms with Crippen molar-refractivity contribution in [1.82, 2.24) is 4.98 Å². The average molecular weight is 414 g/mol. The number of carbonyl (C=O) groups is 1. The molecule has 3 N–H and O–H groups in total. The predicted molar refractivity (Wildman–Crippen MR) is 120 cm³/mol. The molecule has 4 rings (SSSR count). The van der Waals surface area contributed by atoms with Gasteiger partial charge in [0.25, 0.3) is 0 Å². The fraction of sp³-hybridized carbons (Fsp3) is 0.120. The lowest BCUT2D eigenvalue weighted by atomic mass is 10.1. The molecule has 6 heteroatoms. The zero-order valence-corrected chi connectivity index (χ0v) is 16.8. The van der Waals surface area contributed by atoms with E-state index < -0.39 is 5.97 Å². The molecule has 4 aromatic rings. The maximum atomic E-state index is 10.8. The summed E-state index contributed by atoms with van der Waals surface area (Å²) in [4.78, 5) is 15.4. The Kier molecular flexibility index (Phi) is 5.98. The summed E-state index contributed by atoms with van der Waals surface area (Å²) in [5, 5.41) is 23.6. The second-order valence-corrected chi connectivity index (χ2v) is 7.14. The summed E-state index contributed by atoms with van der Waals surface area (Å²) in [7, 11) is 0. The fourth-order valence-electron chi connectivity index (χ4n) is 3.30. The molecule has 0 saturated heterocycles. The van der Waals surface area contributed by atoms with Crippen molar-refractivity contribution in [2.75, 3.05) is 5.32 Å². The predicted octanol–water partition coefficient (Wildman–Crippen LogP) is 5.28. The normalized spacial score (nSPS) is 10.7. The number of aromatic nitrogens is 1. The lowest BCUT2D eigenvalue weighted by molar-refractivity contribution is -0.136. The third kappa shape index (κ3) is 5.11. The van der Waals surface area contributed by atoms with Crippen molar-refractivity contribution in [2.24, 2.45) is 0 Å². The third-order valence-corrected chi connectivity index (χ3v) is 4.88. The number of para-hydroxylation sites is 2. The van der Waals surface area contributed by atoms with Crippen LogP contribution >= 0.6 is 0 Å². The van der Waals surface area contributed by atoms with Crippen LogP contribution in [-0.4, -0.2) is 21.2 Å². The van der Waals surface area contributed by atoms with Gasteiger partial charge in [-0.1, -0.05) is 42.5 Å². The standard InChI is InChI=1S/C25H22N2O4/c28-24(29)14-12-18-6-3-10-23(25(18)30)26-19-7-4-8-21(15-19)31-16-20-13-11-17-5-1-2-9-22(17)27-20/h1-11,13,15,26,30H,12,14,16H2,(H,28,29). The summed E-state index contributed by atoms with van der Waals surface area (Å²) in [5.74, 6) is -0.180. The monoisotopic (exact) mass is 414 g/mol. The number of fused-ring (bicyclic) bond motifs is 1. The van der Waals surface area contributed by atoms with Crippen molar-refractivity contribution in [3.8, 4) is 11.5 Å². The van der Waals surface area contributed by atoms with E-state index in [1.807, 2.05) is 60.7 Å². The van der Waals surface area contributed by atoms with Gasteiger partial charge in [-0.05, 0) is 42.3 Å². The van der Waals surface area contributed by atoms with Crippen LogP contribution in [-0.2, 0) is 17.8 Å². The van der Waals surface area contributed by atoms with Gasteiger partial charge in [0.15, 0.2) is 0 Å². The molecule has 0 saturated carbocycles. The van der Waals surface area contributed by atoms with Gasteiger partial charge in [0.05, 0.1) is 16.9 Å². The molecule has 0 aliphatic heterocycles. The number of aryl methyl sites for hydroxylation is 1. The fourth-order valence-corrected chi connectivity index (χ4v) is 3.30. The Morgan fingerprint density at radius 2 is 1.81 bits per heavy atom. The summed E-state index contributed by atoms with van der Waals surface area (Å²) in [6.45, 7) is 0.338. The Morgan fingerprint density at radius 1 is 0.968 bits per heavy atom. The number of nitrogens with one attached hydrogen (secondary N) is 1. The highest BCUT2D eigenvalue weighted by Crippen LogP contribution is 2.32. The van der Waals surface area contributed by atoms with Gasteiger partial charge < -0.3 is 20.3 Å². The molecule has 0 aliphatic carbocycles. The minimum Gasteiger partial charge on any atom is -0.505 e. The minimum atomic E-state index is -0.900. The Hall–Kier alpha value is -4.06. The van der Waals surface area contributed by atoms with Crippen LogP contribution in [0.3, 0.4) is 0 Å². The van der Waals surface area contributed by atoms with Crippen LogP contribution in [0.2, 0.25) is 0 Å². The molecule has 6 nitrogen and oxygen atoms in total. The number of aromatic hydroxyl groups is 1. The van der Waals surface area contributed by atoms with E-state index in [-0.39, 0.29) is 18.6 Å². The number of phenolic OH excluding ortho intramolecular Hbond substituents is 1. The summed E-state index contributed by atoms with van der Waals surface area (Å²) in [6, 6.07) is 24.6. The summed E-state index contributed by atoms with van der Waals surface area (Å²) in [6.07, 6.45) is 0.224.